The van der Waals surface area contributed by atoms with Gasteiger partial charge in [-0.1, -0.05) is 117 Å². The van der Waals surface area contributed by atoms with E-state index in [0.29, 0.717) is 40.6 Å². The smallest absolute Gasteiger partial charge is 0.316 e. The molecular formula is C39H44N6O4S. The third-order valence-electron chi connectivity index (χ3n) is 9.25. The second-order valence-electron chi connectivity index (χ2n) is 12.8. The highest BCUT2D eigenvalue weighted by Gasteiger charge is 2.29. The second-order valence-corrected chi connectivity index (χ2v) is 13.8. The van der Waals surface area contributed by atoms with Crippen molar-refractivity contribution in [1.29, 1.82) is 0 Å². The second kappa shape index (κ2) is 17.2. The highest BCUT2D eigenvalue weighted by molar-refractivity contribution is 7.99. The Balaban J connectivity index is 1.24. The SMILES string of the molecule is CCCCCCOC(=O)CSc1cn(C(C(=O)Nc2ccccc2Cc2ccccc2C2CCCCC2)c2nc3ccccc3c(=O)[nH]2)nn1. The van der Waals surface area contributed by atoms with Crippen molar-refractivity contribution in [3.8, 4) is 0 Å². The van der Waals surface area contributed by atoms with Crippen LogP contribution in [0.1, 0.15) is 99.2 Å². The van der Waals surface area contributed by atoms with Crippen LogP contribution in [0.3, 0.4) is 0 Å². The molecule has 3 aromatic carbocycles. The first-order valence-corrected chi connectivity index (χ1v) is 18.6. The van der Waals surface area contributed by atoms with E-state index in [1.807, 2.05) is 24.3 Å². The number of nitrogens with one attached hydrogen (secondary N) is 2. The van der Waals surface area contributed by atoms with Gasteiger partial charge in [-0.2, -0.15) is 0 Å². The van der Waals surface area contributed by atoms with Crippen molar-refractivity contribution >= 4 is 40.2 Å². The molecule has 2 heterocycles. The number of carbonyl (C=O) groups excluding carboxylic acids is 2. The van der Waals surface area contributed by atoms with Crippen molar-refractivity contribution in [1.82, 2.24) is 25.0 Å². The Bertz CT molecular complexity index is 1970. The van der Waals surface area contributed by atoms with Crippen molar-refractivity contribution in [3.63, 3.8) is 0 Å². The minimum absolute atomic E-state index is 0.0596. The van der Waals surface area contributed by atoms with Crippen LogP contribution in [0.15, 0.2) is 88.8 Å². The minimum atomic E-state index is -1.15. The highest BCUT2D eigenvalue weighted by Crippen LogP contribution is 2.35. The fraction of sp³-hybridized carbons (Fsp3) is 0.385. The molecule has 0 saturated heterocycles. The number of para-hydroxylation sites is 2. The molecule has 0 bridgehead atoms. The Morgan fingerprint density at radius 2 is 1.72 bits per heavy atom. The first-order valence-electron chi connectivity index (χ1n) is 17.7. The van der Waals surface area contributed by atoms with Gasteiger partial charge in [-0.15, -0.1) is 5.10 Å². The fourth-order valence-electron chi connectivity index (χ4n) is 6.66. The van der Waals surface area contributed by atoms with E-state index in [1.165, 1.54) is 59.7 Å². The summed E-state index contributed by atoms with van der Waals surface area (Å²) in [6.45, 7) is 2.53. The standard InChI is InChI=1S/C39H44N6O4S/c1-2-3-4-14-23-49-35(46)26-50-34-25-45(44-43-34)36(37-40-33-22-13-11-20-31(33)38(47)42-37)39(48)41-32-21-12-9-18-29(32)24-28-17-8-10-19-30(28)27-15-6-5-7-16-27/h8-13,17-22,25,27,36H,2-7,14-16,23-24,26H2,1H3,(H,41,48)(H,40,42,47). The lowest BCUT2D eigenvalue weighted by Crippen LogP contribution is -2.31. The van der Waals surface area contributed by atoms with Gasteiger partial charge >= 0.3 is 5.97 Å². The molecule has 0 spiro atoms. The Kier molecular flexibility index (Phi) is 12.1. The molecule has 2 N–H and O–H groups in total. The van der Waals surface area contributed by atoms with Gasteiger partial charge in [0.25, 0.3) is 11.5 Å². The Morgan fingerprint density at radius 1 is 0.960 bits per heavy atom. The molecule has 0 aliphatic heterocycles. The minimum Gasteiger partial charge on any atom is -0.465 e. The van der Waals surface area contributed by atoms with Gasteiger partial charge < -0.3 is 15.0 Å². The van der Waals surface area contributed by atoms with E-state index in [1.54, 1.807) is 30.5 Å². The maximum atomic E-state index is 14.3. The van der Waals surface area contributed by atoms with Gasteiger partial charge in [0.2, 0.25) is 0 Å². The maximum absolute atomic E-state index is 14.3. The number of nitrogens with zero attached hydrogens (tertiary/aromatic N) is 4. The molecule has 1 atom stereocenters. The van der Waals surface area contributed by atoms with Gasteiger partial charge in [0.05, 0.1) is 29.5 Å². The number of carbonyl (C=O) groups is 2. The van der Waals surface area contributed by atoms with Crippen molar-refractivity contribution < 1.29 is 14.3 Å². The summed E-state index contributed by atoms with van der Waals surface area (Å²) in [6, 6.07) is 22.3. The molecule has 0 radical (unpaired) electrons. The molecule has 10 nitrogen and oxygen atoms in total. The van der Waals surface area contributed by atoms with Crippen LogP contribution in [-0.2, 0) is 20.7 Å². The zero-order valence-electron chi connectivity index (χ0n) is 28.5. The van der Waals surface area contributed by atoms with Gasteiger partial charge in [0, 0.05) is 5.69 Å². The number of anilines is 1. The number of hydrogen-bond donors (Lipinski definition) is 2. The number of benzene rings is 3. The number of fused-ring (bicyclic) bond motifs is 1. The fourth-order valence-corrected chi connectivity index (χ4v) is 7.28. The summed E-state index contributed by atoms with van der Waals surface area (Å²) in [5, 5.41) is 12.5. The Hall–Kier alpha value is -4.77. The molecule has 11 heteroatoms. The largest absolute Gasteiger partial charge is 0.465 e. The van der Waals surface area contributed by atoms with Gasteiger partial charge in [-0.25, -0.2) is 9.67 Å². The number of amides is 1. The van der Waals surface area contributed by atoms with Crippen LogP contribution in [0, 0.1) is 0 Å². The average molecular weight is 693 g/mol. The van der Waals surface area contributed by atoms with Crippen molar-refractivity contribution in [3.05, 3.63) is 112 Å². The maximum Gasteiger partial charge on any atom is 0.316 e. The lowest BCUT2D eigenvalue weighted by Gasteiger charge is -2.25. The molecule has 6 rings (SSSR count). The summed E-state index contributed by atoms with van der Waals surface area (Å²) in [6.07, 6.45) is 12.5. The van der Waals surface area contributed by atoms with E-state index in [2.05, 4.69) is 56.8 Å². The van der Waals surface area contributed by atoms with E-state index in [4.69, 9.17) is 4.74 Å². The van der Waals surface area contributed by atoms with Gasteiger partial charge in [0.1, 0.15) is 10.9 Å². The molecule has 1 aliphatic rings. The number of thioether (sulfide) groups is 1. The number of H-pyrrole nitrogens is 1. The molecule has 1 aliphatic carbocycles. The van der Waals surface area contributed by atoms with E-state index >= 15 is 0 Å². The number of ether oxygens (including phenoxy) is 1. The van der Waals surface area contributed by atoms with Crippen LogP contribution in [-0.4, -0.2) is 49.2 Å². The number of aromatic amines is 1. The monoisotopic (exact) mass is 692 g/mol. The Morgan fingerprint density at radius 3 is 2.56 bits per heavy atom. The summed E-state index contributed by atoms with van der Waals surface area (Å²) in [5.74, 6) is -0.0421. The molecule has 1 amide bonds. The number of hydrogen-bond acceptors (Lipinski definition) is 8. The summed E-state index contributed by atoms with van der Waals surface area (Å²) in [4.78, 5) is 47.3. The molecule has 260 valence electrons. The zero-order chi connectivity index (χ0) is 34.7. The third-order valence-corrected chi connectivity index (χ3v) is 10.1. The summed E-state index contributed by atoms with van der Waals surface area (Å²) < 4.78 is 6.74. The van der Waals surface area contributed by atoms with Crippen LogP contribution in [0.25, 0.3) is 10.9 Å². The normalized spacial score (nSPS) is 14.0. The Labute approximate surface area is 296 Å². The summed E-state index contributed by atoms with van der Waals surface area (Å²) >= 11 is 1.18. The van der Waals surface area contributed by atoms with Crippen molar-refractivity contribution in [2.45, 2.75) is 88.1 Å². The van der Waals surface area contributed by atoms with Crippen LogP contribution in [0.2, 0.25) is 0 Å². The topological polar surface area (TPSA) is 132 Å². The zero-order valence-corrected chi connectivity index (χ0v) is 29.3. The first-order chi connectivity index (χ1) is 24.5. The number of rotatable bonds is 15. The van der Waals surface area contributed by atoms with Gasteiger partial charge in [-0.05, 0) is 66.5 Å². The van der Waals surface area contributed by atoms with Crippen LogP contribution in [0.4, 0.5) is 5.69 Å². The quantitative estimate of drug-likeness (QED) is 0.0652. The number of aromatic nitrogens is 5. The number of esters is 1. The predicted molar refractivity (Wildman–Crippen MR) is 196 cm³/mol. The lowest BCUT2D eigenvalue weighted by molar-refractivity contribution is -0.140. The molecule has 5 aromatic rings. The van der Waals surface area contributed by atoms with E-state index in [9.17, 15) is 14.4 Å². The van der Waals surface area contributed by atoms with Crippen molar-refractivity contribution in [2.24, 2.45) is 0 Å². The molecule has 1 unspecified atom stereocenters. The molecule has 1 fully saturated rings. The highest BCUT2D eigenvalue weighted by atomic mass is 32.2. The summed E-state index contributed by atoms with van der Waals surface area (Å²) in [5.41, 5.74) is 4.39. The molecule has 2 aromatic heterocycles. The van der Waals surface area contributed by atoms with Gasteiger partial charge in [-0.3, -0.25) is 14.4 Å². The third kappa shape index (κ3) is 8.87. The van der Waals surface area contributed by atoms with E-state index < -0.39 is 11.9 Å². The molecule has 1 saturated carbocycles. The van der Waals surface area contributed by atoms with E-state index in [-0.39, 0.29) is 23.1 Å². The average Bonchev–Trinajstić information content (AvgIpc) is 3.60. The first kappa shape index (κ1) is 35.1. The van der Waals surface area contributed by atoms with E-state index in [0.717, 1.165) is 31.2 Å². The lowest BCUT2D eigenvalue weighted by atomic mass is 9.81. The number of unbranched alkanes of at least 4 members (excludes halogenated alkanes) is 3. The van der Waals surface area contributed by atoms with Crippen LogP contribution >= 0.6 is 11.8 Å². The molecule has 50 heavy (non-hydrogen) atoms. The van der Waals surface area contributed by atoms with Crippen molar-refractivity contribution in [2.75, 3.05) is 17.7 Å². The predicted octanol–water partition coefficient (Wildman–Crippen LogP) is 7.60. The summed E-state index contributed by atoms with van der Waals surface area (Å²) in [7, 11) is 0. The van der Waals surface area contributed by atoms with Gasteiger partial charge in [0.15, 0.2) is 6.04 Å². The van der Waals surface area contributed by atoms with Crippen LogP contribution < -0.4 is 10.9 Å². The van der Waals surface area contributed by atoms with Crippen LogP contribution in [0.5, 0.6) is 0 Å². The molecular weight excluding hydrogens is 649 g/mol.